The zero-order valence-corrected chi connectivity index (χ0v) is 15.6. The predicted octanol–water partition coefficient (Wildman–Crippen LogP) is 3.77. The SMILES string of the molecule is COc1cc(/C=C/C(=O)c2ccc3c(c2)OCCCO3)cc(OC)c1OC. The van der Waals surface area contributed by atoms with Gasteiger partial charge in [0, 0.05) is 12.0 Å². The summed E-state index contributed by atoms with van der Waals surface area (Å²) in [5, 5.41) is 0. The van der Waals surface area contributed by atoms with Crippen molar-refractivity contribution in [3.63, 3.8) is 0 Å². The van der Waals surface area contributed by atoms with Crippen LogP contribution < -0.4 is 23.7 Å². The number of methoxy groups -OCH3 is 3. The molecule has 0 bridgehead atoms. The first kappa shape index (κ1) is 18.6. The third-order valence-electron chi connectivity index (χ3n) is 4.15. The molecule has 0 aromatic heterocycles. The monoisotopic (exact) mass is 370 g/mol. The number of fused-ring (bicyclic) bond motifs is 1. The number of allylic oxidation sites excluding steroid dienone is 1. The van der Waals surface area contributed by atoms with E-state index >= 15 is 0 Å². The molecule has 2 aromatic carbocycles. The summed E-state index contributed by atoms with van der Waals surface area (Å²) >= 11 is 0. The van der Waals surface area contributed by atoms with Crippen LogP contribution in [-0.4, -0.2) is 40.3 Å². The number of carbonyl (C=O) groups excluding carboxylic acids is 1. The molecule has 0 aliphatic carbocycles. The van der Waals surface area contributed by atoms with Crippen LogP contribution in [0, 0.1) is 0 Å². The zero-order chi connectivity index (χ0) is 19.2. The van der Waals surface area contributed by atoms with Crippen LogP contribution in [0.1, 0.15) is 22.3 Å². The number of hydrogen-bond acceptors (Lipinski definition) is 6. The molecule has 6 heteroatoms. The maximum absolute atomic E-state index is 12.6. The lowest BCUT2D eigenvalue weighted by molar-refractivity contribution is 0.104. The first-order valence-corrected chi connectivity index (χ1v) is 8.58. The largest absolute Gasteiger partial charge is 0.493 e. The van der Waals surface area contributed by atoms with E-state index in [0.717, 1.165) is 12.0 Å². The molecule has 0 spiro atoms. The summed E-state index contributed by atoms with van der Waals surface area (Å²) in [7, 11) is 4.64. The number of carbonyl (C=O) groups is 1. The lowest BCUT2D eigenvalue weighted by Crippen LogP contribution is -1.98. The third kappa shape index (κ3) is 4.16. The minimum absolute atomic E-state index is 0.139. The molecule has 6 nitrogen and oxygen atoms in total. The van der Waals surface area contributed by atoms with Gasteiger partial charge in [-0.05, 0) is 42.0 Å². The van der Waals surface area contributed by atoms with Crippen molar-refractivity contribution in [3.8, 4) is 28.7 Å². The molecule has 1 aliphatic rings. The van der Waals surface area contributed by atoms with Crippen LogP contribution in [0.25, 0.3) is 6.08 Å². The van der Waals surface area contributed by atoms with Gasteiger partial charge in [0.05, 0.1) is 34.5 Å². The Kier molecular flexibility index (Phi) is 5.86. The minimum Gasteiger partial charge on any atom is -0.493 e. The van der Waals surface area contributed by atoms with Gasteiger partial charge >= 0.3 is 0 Å². The second kappa shape index (κ2) is 8.49. The van der Waals surface area contributed by atoms with Crippen LogP contribution in [0.5, 0.6) is 28.7 Å². The van der Waals surface area contributed by atoms with Gasteiger partial charge in [-0.15, -0.1) is 0 Å². The van der Waals surface area contributed by atoms with Crippen LogP contribution in [0.15, 0.2) is 36.4 Å². The molecule has 0 fully saturated rings. The Morgan fingerprint density at radius 1 is 0.926 bits per heavy atom. The fourth-order valence-electron chi connectivity index (χ4n) is 2.78. The molecule has 0 atom stereocenters. The fourth-order valence-corrected chi connectivity index (χ4v) is 2.78. The average molecular weight is 370 g/mol. The van der Waals surface area contributed by atoms with Gasteiger partial charge in [-0.1, -0.05) is 6.08 Å². The third-order valence-corrected chi connectivity index (χ3v) is 4.15. The van der Waals surface area contributed by atoms with Crippen LogP contribution in [0.3, 0.4) is 0 Å². The molecule has 0 saturated heterocycles. The standard InChI is InChI=1S/C21H22O6/c1-23-19-11-14(12-20(24-2)21(19)25-3)5-7-16(22)15-6-8-17-18(13-15)27-10-4-9-26-17/h5-8,11-13H,4,9-10H2,1-3H3/b7-5+. The van der Waals surface area contributed by atoms with Crippen molar-refractivity contribution in [2.75, 3.05) is 34.5 Å². The van der Waals surface area contributed by atoms with E-state index < -0.39 is 0 Å². The summed E-state index contributed by atoms with van der Waals surface area (Å²) in [5.41, 5.74) is 1.29. The Morgan fingerprint density at radius 2 is 1.59 bits per heavy atom. The van der Waals surface area contributed by atoms with E-state index in [2.05, 4.69) is 0 Å². The van der Waals surface area contributed by atoms with E-state index in [1.54, 1.807) is 57.7 Å². The second-order valence-corrected chi connectivity index (χ2v) is 5.87. The zero-order valence-electron chi connectivity index (χ0n) is 15.6. The molecule has 27 heavy (non-hydrogen) atoms. The van der Waals surface area contributed by atoms with E-state index in [-0.39, 0.29) is 5.78 Å². The van der Waals surface area contributed by atoms with Crippen molar-refractivity contribution in [1.29, 1.82) is 0 Å². The Labute approximate surface area is 158 Å². The fraction of sp³-hybridized carbons (Fsp3) is 0.286. The van der Waals surface area contributed by atoms with Crippen LogP contribution in [-0.2, 0) is 0 Å². The highest BCUT2D eigenvalue weighted by atomic mass is 16.5. The van der Waals surface area contributed by atoms with E-state index in [9.17, 15) is 4.79 Å². The van der Waals surface area contributed by atoms with Crippen molar-refractivity contribution in [1.82, 2.24) is 0 Å². The summed E-state index contributed by atoms with van der Waals surface area (Å²) in [6, 6.07) is 8.76. The Bertz CT molecular complexity index is 831. The van der Waals surface area contributed by atoms with Gasteiger partial charge < -0.3 is 23.7 Å². The van der Waals surface area contributed by atoms with Crippen molar-refractivity contribution >= 4 is 11.9 Å². The van der Waals surface area contributed by atoms with Gasteiger partial charge in [0.25, 0.3) is 0 Å². The molecule has 0 N–H and O–H groups in total. The Balaban J connectivity index is 1.83. The van der Waals surface area contributed by atoms with Crippen molar-refractivity contribution < 1.29 is 28.5 Å². The Morgan fingerprint density at radius 3 is 2.22 bits per heavy atom. The van der Waals surface area contributed by atoms with Crippen molar-refractivity contribution in [2.45, 2.75) is 6.42 Å². The maximum atomic E-state index is 12.6. The molecule has 0 radical (unpaired) electrons. The van der Waals surface area contributed by atoms with Gasteiger partial charge in [0.2, 0.25) is 5.75 Å². The van der Waals surface area contributed by atoms with Crippen LogP contribution in [0.2, 0.25) is 0 Å². The van der Waals surface area contributed by atoms with Crippen LogP contribution >= 0.6 is 0 Å². The van der Waals surface area contributed by atoms with E-state index in [1.807, 2.05) is 0 Å². The number of rotatable bonds is 6. The summed E-state index contributed by atoms with van der Waals surface area (Å²) in [5.74, 6) is 2.68. The quantitative estimate of drug-likeness (QED) is 0.570. The average Bonchev–Trinajstić information content (AvgIpc) is 2.95. The molecule has 1 aliphatic heterocycles. The number of benzene rings is 2. The molecule has 3 rings (SSSR count). The number of hydrogen-bond donors (Lipinski definition) is 0. The molecular weight excluding hydrogens is 348 g/mol. The van der Waals surface area contributed by atoms with Gasteiger partial charge in [-0.3, -0.25) is 4.79 Å². The maximum Gasteiger partial charge on any atom is 0.203 e. The van der Waals surface area contributed by atoms with Crippen LogP contribution in [0.4, 0.5) is 0 Å². The van der Waals surface area contributed by atoms with E-state index in [0.29, 0.717) is 47.5 Å². The highest BCUT2D eigenvalue weighted by molar-refractivity contribution is 6.07. The topological polar surface area (TPSA) is 63.2 Å². The molecule has 2 aromatic rings. The Hall–Kier alpha value is -3.15. The highest BCUT2D eigenvalue weighted by Gasteiger charge is 2.14. The lowest BCUT2D eigenvalue weighted by atomic mass is 10.1. The molecule has 142 valence electrons. The number of ether oxygens (including phenoxy) is 5. The van der Waals surface area contributed by atoms with Gasteiger partial charge in [0.15, 0.2) is 28.8 Å². The van der Waals surface area contributed by atoms with Gasteiger partial charge in [0.1, 0.15) is 0 Å². The minimum atomic E-state index is -0.139. The summed E-state index contributed by atoms with van der Waals surface area (Å²) in [4.78, 5) is 12.6. The summed E-state index contributed by atoms with van der Waals surface area (Å²) in [6.07, 6.45) is 4.02. The summed E-state index contributed by atoms with van der Waals surface area (Å²) in [6.45, 7) is 1.19. The normalized spacial score (nSPS) is 13.1. The van der Waals surface area contributed by atoms with Gasteiger partial charge in [-0.25, -0.2) is 0 Å². The van der Waals surface area contributed by atoms with Crippen molar-refractivity contribution in [3.05, 3.63) is 47.5 Å². The van der Waals surface area contributed by atoms with E-state index in [4.69, 9.17) is 23.7 Å². The molecule has 0 saturated carbocycles. The highest BCUT2D eigenvalue weighted by Crippen LogP contribution is 2.38. The smallest absolute Gasteiger partial charge is 0.203 e. The molecule has 0 unspecified atom stereocenters. The molecular formula is C21H22O6. The second-order valence-electron chi connectivity index (χ2n) is 5.87. The van der Waals surface area contributed by atoms with Crippen molar-refractivity contribution in [2.24, 2.45) is 0 Å². The van der Waals surface area contributed by atoms with Gasteiger partial charge in [-0.2, -0.15) is 0 Å². The first-order valence-electron chi connectivity index (χ1n) is 8.58. The predicted molar refractivity (Wildman–Crippen MR) is 102 cm³/mol. The first-order chi connectivity index (χ1) is 13.2. The lowest BCUT2D eigenvalue weighted by Gasteiger charge is -2.12. The summed E-state index contributed by atoms with van der Waals surface area (Å²) < 4.78 is 27.2. The molecule has 1 heterocycles. The number of ketones is 1. The van der Waals surface area contributed by atoms with E-state index in [1.165, 1.54) is 6.08 Å². The molecule has 0 amide bonds.